The van der Waals surface area contributed by atoms with E-state index in [0.29, 0.717) is 22.4 Å². The molecule has 1 atom stereocenters. The van der Waals surface area contributed by atoms with Crippen LogP contribution in [0.1, 0.15) is 12.0 Å². The van der Waals surface area contributed by atoms with Crippen LogP contribution >= 0.6 is 11.8 Å². The zero-order valence-electron chi connectivity index (χ0n) is 14.4. The van der Waals surface area contributed by atoms with Crippen LogP contribution in [0.5, 0.6) is 5.75 Å². The Morgan fingerprint density at radius 2 is 1.89 bits per heavy atom. The van der Waals surface area contributed by atoms with Gasteiger partial charge in [0.15, 0.2) is 5.82 Å². The summed E-state index contributed by atoms with van der Waals surface area (Å²) >= 11 is 1.31. The highest BCUT2D eigenvalue weighted by molar-refractivity contribution is 8.00. The van der Waals surface area contributed by atoms with Gasteiger partial charge in [-0.3, -0.25) is 0 Å². The number of aromatic nitrogens is 3. The highest BCUT2D eigenvalue weighted by Crippen LogP contribution is 2.36. The largest absolute Gasteiger partial charge is 0.550 e. The van der Waals surface area contributed by atoms with E-state index in [2.05, 4.69) is 10.2 Å². The molecule has 0 unspecified atom stereocenters. The Morgan fingerprint density at radius 1 is 1.15 bits per heavy atom. The zero-order valence-corrected chi connectivity index (χ0v) is 15.2. The summed E-state index contributed by atoms with van der Waals surface area (Å²) < 4.78 is 7.06. The van der Waals surface area contributed by atoms with Crippen molar-refractivity contribution in [3.8, 4) is 17.1 Å². The Kier molecular flexibility index (Phi) is 4.64. The highest BCUT2D eigenvalue weighted by atomic mass is 32.2. The molecule has 2 aromatic carbocycles. The van der Waals surface area contributed by atoms with Gasteiger partial charge < -0.3 is 14.6 Å². The molecule has 0 N–H and O–H groups in total. The Hall–Kier alpha value is -3.13. The number of ether oxygens (including phenoxy) is 1. The van der Waals surface area contributed by atoms with Crippen LogP contribution in [0.25, 0.3) is 11.4 Å². The number of carbonyl (C=O) groups excluding carboxylic acids is 1. The van der Waals surface area contributed by atoms with E-state index < -0.39 is 11.2 Å². The molecule has 3 aromatic rings. The van der Waals surface area contributed by atoms with Crippen molar-refractivity contribution in [2.45, 2.75) is 16.8 Å². The lowest BCUT2D eigenvalue weighted by Gasteiger charge is -2.23. The number of hydrogen-bond donors (Lipinski definition) is 0. The molecule has 0 fully saturated rings. The van der Waals surface area contributed by atoms with E-state index in [1.165, 1.54) is 11.8 Å². The van der Waals surface area contributed by atoms with Crippen molar-refractivity contribution in [1.29, 1.82) is 0 Å². The maximum absolute atomic E-state index is 11.2. The summed E-state index contributed by atoms with van der Waals surface area (Å²) in [7, 11) is 1.59. The maximum atomic E-state index is 11.2. The number of methoxy groups -OCH3 is 1. The van der Waals surface area contributed by atoms with Crippen LogP contribution in [0, 0.1) is 0 Å². The van der Waals surface area contributed by atoms with Crippen molar-refractivity contribution in [3.63, 3.8) is 0 Å². The molecule has 0 radical (unpaired) electrons. The topological polar surface area (TPSA) is 92.4 Å². The second-order valence-electron chi connectivity index (χ2n) is 5.85. The van der Waals surface area contributed by atoms with Crippen LogP contribution in [0.3, 0.4) is 0 Å². The van der Waals surface area contributed by atoms with E-state index in [1.54, 1.807) is 11.8 Å². The average molecular weight is 379 g/mol. The molecule has 0 aliphatic carbocycles. The number of thioether (sulfide) groups is 1. The number of hydrogen-bond acceptors (Lipinski definition) is 7. The van der Waals surface area contributed by atoms with Gasteiger partial charge in [-0.2, -0.15) is 9.78 Å². The second kappa shape index (κ2) is 7.24. The summed E-state index contributed by atoms with van der Waals surface area (Å²) in [6.45, 7) is 0. The number of benzene rings is 2. The Bertz CT molecular complexity index is 1020. The number of para-hydroxylation sites is 1. The molecule has 1 aromatic heterocycles. The molecule has 136 valence electrons. The van der Waals surface area contributed by atoms with Crippen LogP contribution in [-0.4, -0.2) is 38.9 Å². The molecule has 27 heavy (non-hydrogen) atoms. The van der Waals surface area contributed by atoms with Crippen molar-refractivity contribution in [3.05, 3.63) is 60.2 Å². The first-order chi connectivity index (χ1) is 13.2. The Labute approximate surface area is 159 Å². The fraction of sp³-hybridized carbons (Fsp3) is 0.158. The molecular formula is C19H15N4O3S-. The highest BCUT2D eigenvalue weighted by Gasteiger charge is 2.29. The molecule has 8 heteroatoms. The first kappa shape index (κ1) is 17.3. The average Bonchev–Trinajstić information content (AvgIpc) is 3.10. The summed E-state index contributed by atoms with van der Waals surface area (Å²) in [4.78, 5) is 11.2. The lowest BCUT2D eigenvalue weighted by Crippen LogP contribution is -2.32. The van der Waals surface area contributed by atoms with E-state index in [9.17, 15) is 9.90 Å². The first-order valence-electron chi connectivity index (χ1n) is 8.27. The maximum Gasteiger partial charge on any atom is 0.213 e. The van der Waals surface area contributed by atoms with E-state index in [-0.39, 0.29) is 6.42 Å². The molecular weight excluding hydrogens is 364 g/mol. The second-order valence-corrected chi connectivity index (χ2v) is 7.02. The van der Waals surface area contributed by atoms with Crippen molar-refractivity contribution in [1.82, 2.24) is 14.9 Å². The summed E-state index contributed by atoms with van der Waals surface area (Å²) in [6, 6.07) is 17.0. The van der Waals surface area contributed by atoms with Crippen LogP contribution < -0.4 is 9.84 Å². The molecule has 4 rings (SSSR count). The molecule has 7 nitrogen and oxygen atoms in total. The van der Waals surface area contributed by atoms with Crippen molar-refractivity contribution < 1.29 is 14.6 Å². The molecule has 2 heterocycles. The molecule has 1 aliphatic heterocycles. The van der Waals surface area contributed by atoms with Crippen LogP contribution in [0.15, 0.2) is 64.9 Å². The smallest absolute Gasteiger partial charge is 0.213 e. The molecule has 0 saturated carbocycles. The number of carboxylic acid groups (broad SMARTS) is 1. The fourth-order valence-electron chi connectivity index (χ4n) is 2.92. The number of rotatable bonds is 5. The van der Waals surface area contributed by atoms with Gasteiger partial charge in [0.1, 0.15) is 5.75 Å². The summed E-state index contributed by atoms with van der Waals surface area (Å²) in [5.41, 5.74) is 2.25. The quantitative estimate of drug-likeness (QED) is 0.671. The lowest BCUT2D eigenvalue weighted by molar-refractivity contribution is -0.305. The van der Waals surface area contributed by atoms with Gasteiger partial charge in [0.2, 0.25) is 5.16 Å². The Balaban J connectivity index is 1.85. The Morgan fingerprint density at radius 3 is 2.63 bits per heavy atom. The van der Waals surface area contributed by atoms with Gasteiger partial charge in [0, 0.05) is 12.4 Å². The minimum absolute atomic E-state index is 0.157. The standard InChI is InChI=1S/C19H16N4O3S/c1-26-14-10-6-5-9-13(14)18-20-21-19-23(18)22-17(12-7-3-2-4-8-12)15(27-19)11-16(24)25/h2-10,15H,11H2,1H3,(H,24,25)/p-1/t15-/m0/s1. The van der Waals surface area contributed by atoms with E-state index in [0.717, 1.165) is 11.1 Å². The van der Waals surface area contributed by atoms with Crippen molar-refractivity contribution in [2.24, 2.45) is 5.10 Å². The number of fused-ring (bicyclic) bond motifs is 1. The number of nitrogens with zero attached hydrogens (tertiary/aromatic N) is 4. The monoisotopic (exact) mass is 379 g/mol. The van der Waals surface area contributed by atoms with Crippen LogP contribution in [-0.2, 0) is 4.79 Å². The van der Waals surface area contributed by atoms with E-state index in [1.807, 2.05) is 54.6 Å². The lowest BCUT2D eigenvalue weighted by atomic mass is 10.1. The minimum Gasteiger partial charge on any atom is -0.550 e. The van der Waals surface area contributed by atoms with E-state index >= 15 is 0 Å². The third kappa shape index (κ3) is 3.31. The third-order valence-electron chi connectivity index (χ3n) is 4.14. The summed E-state index contributed by atoms with van der Waals surface area (Å²) in [5, 5.41) is 24.5. The van der Waals surface area contributed by atoms with Crippen molar-refractivity contribution in [2.75, 3.05) is 7.11 Å². The van der Waals surface area contributed by atoms with Gasteiger partial charge in [0.25, 0.3) is 0 Å². The predicted octanol–water partition coefficient (Wildman–Crippen LogP) is 1.82. The number of aliphatic carboxylic acids is 1. The first-order valence-corrected chi connectivity index (χ1v) is 9.15. The SMILES string of the molecule is COc1ccccc1-c1nnc2n1N=C(c1ccccc1)[C@H](CC(=O)[O-])S2. The van der Waals surface area contributed by atoms with Gasteiger partial charge >= 0.3 is 0 Å². The zero-order chi connectivity index (χ0) is 18.8. The third-order valence-corrected chi connectivity index (χ3v) is 5.28. The molecule has 0 saturated heterocycles. The number of carbonyl (C=O) groups is 1. The van der Waals surface area contributed by atoms with Gasteiger partial charge in [-0.15, -0.1) is 10.2 Å². The van der Waals surface area contributed by atoms with Gasteiger partial charge in [-0.1, -0.05) is 54.2 Å². The van der Waals surface area contributed by atoms with Crippen LogP contribution in [0.4, 0.5) is 0 Å². The van der Waals surface area contributed by atoms with Crippen molar-refractivity contribution >= 4 is 23.4 Å². The molecule has 0 amide bonds. The van der Waals surface area contributed by atoms with Crippen LogP contribution in [0.2, 0.25) is 0 Å². The molecule has 0 bridgehead atoms. The fourth-order valence-corrected chi connectivity index (χ4v) is 4.01. The van der Waals surface area contributed by atoms with Gasteiger partial charge in [0.05, 0.1) is 23.6 Å². The predicted molar refractivity (Wildman–Crippen MR) is 99.7 cm³/mol. The normalized spacial score (nSPS) is 15.7. The summed E-state index contributed by atoms with van der Waals surface area (Å²) in [6.07, 6.45) is -0.157. The van der Waals surface area contributed by atoms with E-state index in [4.69, 9.17) is 9.84 Å². The summed E-state index contributed by atoms with van der Waals surface area (Å²) in [5.74, 6) is 0.0651. The minimum atomic E-state index is -1.13. The number of carboxylic acids is 1. The van der Waals surface area contributed by atoms with Gasteiger partial charge in [-0.25, -0.2) is 0 Å². The molecule has 0 spiro atoms. The molecule has 1 aliphatic rings. The van der Waals surface area contributed by atoms with Gasteiger partial charge in [-0.05, 0) is 17.7 Å².